The topological polar surface area (TPSA) is 46.5 Å². The Morgan fingerprint density at radius 1 is 1.32 bits per heavy atom. The van der Waals surface area contributed by atoms with Crippen LogP contribution in [0.1, 0.15) is 36.8 Å². The summed E-state index contributed by atoms with van der Waals surface area (Å²) in [5.41, 5.74) is 1.17. The van der Waals surface area contributed by atoms with Gasteiger partial charge in [-0.25, -0.2) is 0 Å². The Balaban J connectivity index is 1.93. The fourth-order valence-electron chi connectivity index (χ4n) is 3.48. The average molecular weight is 280 g/mol. The summed E-state index contributed by atoms with van der Waals surface area (Å²) >= 11 is 0. The predicted molar refractivity (Wildman–Crippen MR) is 75.8 cm³/mol. The molecule has 2 unspecified atom stereocenters. The maximum Gasteiger partial charge on any atom is 0.121 e. The van der Waals surface area contributed by atoms with Crippen molar-refractivity contribution in [2.45, 2.75) is 48.7 Å². The van der Waals surface area contributed by atoms with E-state index in [9.17, 15) is 9.32 Å². The highest BCUT2D eigenvalue weighted by Crippen LogP contribution is 2.46. The first kappa shape index (κ1) is 13.1. The van der Waals surface area contributed by atoms with Gasteiger partial charge in [0.2, 0.25) is 0 Å². The van der Waals surface area contributed by atoms with Gasteiger partial charge in [0.05, 0.1) is 12.7 Å². The van der Waals surface area contributed by atoms with Crippen molar-refractivity contribution in [3.8, 4) is 5.75 Å². The summed E-state index contributed by atoms with van der Waals surface area (Å²) in [6, 6.07) is 5.86. The summed E-state index contributed by atoms with van der Waals surface area (Å²) in [7, 11) is 0.918. The number of aryl methyl sites for hydroxylation is 1. The van der Waals surface area contributed by atoms with Crippen molar-refractivity contribution < 1.29 is 14.1 Å². The molecule has 104 valence electrons. The zero-order chi connectivity index (χ0) is 13.6. The second-order valence-electron chi connectivity index (χ2n) is 5.77. The van der Waals surface area contributed by atoms with E-state index in [0.29, 0.717) is 12.8 Å². The molecule has 2 heterocycles. The van der Waals surface area contributed by atoms with Crippen LogP contribution in [0.4, 0.5) is 0 Å². The van der Waals surface area contributed by atoms with Crippen LogP contribution < -0.4 is 4.74 Å². The van der Waals surface area contributed by atoms with Crippen LogP contribution in [0.25, 0.3) is 0 Å². The van der Waals surface area contributed by atoms with E-state index in [0.717, 1.165) is 29.7 Å². The largest absolute Gasteiger partial charge is 0.496 e. The van der Waals surface area contributed by atoms with Gasteiger partial charge in [0.15, 0.2) is 0 Å². The predicted octanol–water partition coefficient (Wildman–Crippen LogP) is 2.26. The number of rotatable bonds is 2. The van der Waals surface area contributed by atoms with Gasteiger partial charge in [-0.05, 0) is 55.9 Å². The summed E-state index contributed by atoms with van der Waals surface area (Å²) in [6.45, 7) is 1.99. The quantitative estimate of drug-likeness (QED) is 0.904. The number of methoxy groups -OCH3 is 1. The Morgan fingerprint density at radius 3 is 2.47 bits per heavy atom. The highest BCUT2D eigenvalue weighted by molar-refractivity contribution is 7.86. The number of hydrogen-bond donors (Lipinski definition) is 1. The highest BCUT2D eigenvalue weighted by Gasteiger charge is 2.48. The number of benzene rings is 1. The lowest BCUT2D eigenvalue weighted by molar-refractivity contribution is 0.0184. The van der Waals surface area contributed by atoms with Crippen molar-refractivity contribution in [1.29, 1.82) is 0 Å². The average Bonchev–Trinajstić information content (AvgIpc) is 2.63. The zero-order valence-corrected chi connectivity index (χ0v) is 12.2. The van der Waals surface area contributed by atoms with E-state index in [1.165, 1.54) is 0 Å². The van der Waals surface area contributed by atoms with Crippen LogP contribution in [-0.4, -0.2) is 26.9 Å². The van der Waals surface area contributed by atoms with Crippen LogP contribution in [0.15, 0.2) is 18.2 Å². The van der Waals surface area contributed by atoms with Crippen molar-refractivity contribution in [3.05, 3.63) is 29.3 Å². The third kappa shape index (κ3) is 2.11. The van der Waals surface area contributed by atoms with Crippen LogP contribution in [0.2, 0.25) is 0 Å². The van der Waals surface area contributed by atoms with Crippen LogP contribution in [0.5, 0.6) is 5.75 Å². The van der Waals surface area contributed by atoms with Gasteiger partial charge in [0.25, 0.3) is 0 Å². The molecule has 0 radical (unpaired) electrons. The molecule has 0 aliphatic carbocycles. The van der Waals surface area contributed by atoms with Crippen LogP contribution >= 0.6 is 0 Å². The maximum atomic E-state index is 12.1. The molecule has 2 saturated heterocycles. The minimum atomic E-state index is -0.809. The molecule has 3 nitrogen and oxygen atoms in total. The van der Waals surface area contributed by atoms with Gasteiger partial charge < -0.3 is 9.84 Å². The minimum absolute atomic E-state index is 0.172. The third-order valence-electron chi connectivity index (χ3n) is 4.53. The van der Waals surface area contributed by atoms with E-state index < -0.39 is 16.4 Å². The molecule has 1 aromatic carbocycles. The van der Waals surface area contributed by atoms with Gasteiger partial charge in [0, 0.05) is 21.3 Å². The molecular weight excluding hydrogens is 260 g/mol. The lowest BCUT2D eigenvalue weighted by atomic mass is 9.85. The fraction of sp³-hybridized carbons (Fsp3) is 0.600. The first-order valence-electron chi connectivity index (χ1n) is 6.80. The van der Waals surface area contributed by atoms with Crippen LogP contribution in [-0.2, 0) is 16.4 Å². The first-order valence-corrected chi connectivity index (χ1v) is 8.08. The van der Waals surface area contributed by atoms with Crippen molar-refractivity contribution in [1.82, 2.24) is 0 Å². The van der Waals surface area contributed by atoms with E-state index in [4.69, 9.17) is 4.74 Å². The van der Waals surface area contributed by atoms with E-state index in [1.807, 2.05) is 25.1 Å². The smallest absolute Gasteiger partial charge is 0.121 e. The monoisotopic (exact) mass is 280 g/mol. The summed E-state index contributed by atoms with van der Waals surface area (Å²) in [5, 5.41) is 11.3. The molecule has 1 aromatic rings. The van der Waals surface area contributed by atoms with Crippen LogP contribution in [0, 0.1) is 6.92 Å². The van der Waals surface area contributed by atoms with E-state index in [2.05, 4.69) is 0 Å². The molecule has 3 rings (SSSR count). The lowest BCUT2D eigenvalue weighted by Crippen LogP contribution is -2.40. The van der Waals surface area contributed by atoms with Gasteiger partial charge >= 0.3 is 0 Å². The molecule has 1 N–H and O–H groups in total. The Kier molecular flexibility index (Phi) is 3.18. The molecule has 0 saturated carbocycles. The molecule has 4 heteroatoms. The van der Waals surface area contributed by atoms with Gasteiger partial charge in [0.1, 0.15) is 5.75 Å². The molecule has 2 bridgehead atoms. The first-order chi connectivity index (χ1) is 9.03. The molecule has 2 atom stereocenters. The summed E-state index contributed by atoms with van der Waals surface area (Å²) in [4.78, 5) is 0. The third-order valence-corrected chi connectivity index (χ3v) is 6.65. The molecule has 2 fully saturated rings. The second kappa shape index (κ2) is 4.60. The Morgan fingerprint density at radius 2 is 1.95 bits per heavy atom. The zero-order valence-electron chi connectivity index (χ0n) is 11.4. The molecule has 0 spiro atoms. The Labute approximate surface area is 116 Å². The van der Waals surface area contributed by atoms with E-state index >= 15 is 0 Å². The normalized spacial score (nSPS) is 37.3. The van der Waals surface area contributed by atoms with Crippen LogP contribution in [0.3, 0.4) is 0 Å². The molecule has 2 aliphatic rings. The lowest BCUT2D eigenvalue weighted by Gasteiger charge is -2.36. The minimum Gasteiger partial charge on any atom is -0.496 e. The molecule has 19 heavy (non-hydrogen) atoms. The number of ether oxygens (including phenoxy) is 1. The van der Waals surface area contributed by atoms with Gasteiger partial charge in [-0.3, -0.25) is 4.21 Å². The summed E-state index contributed by atoms with van der Waals surface area (Å²) in [5.74, 6) is 0.842. The molecular formula is C15H20O3S. The maximum absolute atomic E-state index is 12.1. The molecule has 0 amide bonds. The molecule has 0 aromatic heterocycles. The highest BCUT2D eigenvalue weighted by atomic mass is 32.2. The van der Waals surface area contributed by atoms with Crippen molar-refractivity contribution in [2.24, 2.45) is 0 Å². The molecule has 2 aliphatic heterocycles. The Hall–Kier alpha value is -0.870. The SMILES string of the molecule is COc1ccc(C2(O)CC3CCC(C2)S3=O)cc1C. The van der Waals surface area contributed by atoms with E-state index in [1.54, 1.807) is 7.11 Å². The number of aliphatic hydroxyl groups is 1. The fourth-order valence-corrected chi connectivity index (χ4v) is 5.65. The number of fused-ring (bicyclic) bond motifs is 2. The van der Waals surface area contributed by atoms with E-state index in [-0.39, 0.29) is 10.5 Å². The van der Waals surface area contributed by atoms with Gasteiger partial charge in [-0.15, -0.1) is 0 Å². The summed E-state index contributed by atoms with van der Waals surface area (Å²) < 4.78 is 17.3. The van der Waals surface area contributed by atoms with Gasteiger partial charge in [-0.1, -0.05) is 6.07 Å². The summed E-state index contributed by atoms with van der Waals surface area (Å²) in [6.07, 6.45) is 3.24. The van der Waals surface area contributed by atoms with Gasteiger partial charge in [-0.2, -0.15) is 0 Å². The second-order valence-corrected chi connectivity index (χ2v) is 7.76. The van der Waals surface area contributed by atoms with Crippen molar-refractivity contribution >= 4 is 10.8 Å². The standard InChI is InChI=1S/C15H20O3S/c1-10-7-11(3-6-14(10)18-2)15(16)8-12-4-5-13(9-15)19(12)17/h3,6-7,12-13,16H,4-5,8-9H2,1-2H3. The Bertz CT molecular complexity index is 510. The van der Waals surface area contributed by atoms with Crippen molar-refractivity contribution in [2.75, 3.05) is 7.11 Å². The van der Waals surface area contributed by atoms with Crippen molar-refractivity contribution in [3.63, 3.8) is 0 Å². The number of hydrogen-bond acceptors (Lipinski definition) is 3.